The second-order valence-electron chi connectivity index (χ2n) is 6.84. The van der Waals surface area contributed by atoms with E-state index in [2.05, 4.69) is 5.32 Å². The second-order valence-corrected chi connectivity index (χ2v) is 6.84. The number of nitrogens with zero attached hydrogens (tertiary/aromatic N) is 2. The number of ether oxygens (including phenoxy) is 1. The van der Waals surface area contributed by atoms with Crippen molar-refractivity contribution in [3.8, 4) is 5.75 Å². The molecule has 0 fully saturated rings. The molecule has 0 aromatic heterocycles. The molecule has 1 unspecified atom stereocenters. The lowest BCUT2D eigenvalue weighted by atomic mass is 10.2. The van der Waals surface area contributed by atoms with Gasteiger partial charge in [-0.3, -0.25) is 14.4 Å². The van der Waals surface area contributed by atoms with E-state index in [1.165, 1.54) is 23.9 Å². The number of rotatable bonds is 10. The van der Waals surface area contributed by atoms with Crippen molar-refractivity contribution in [3.63, 3.8) is 0 Å². The lowest BCUT2D eigenvalue weighted by Crippen LogP contribution is -2.51. The van der Waals surface area contributed by atoms with Gasteiger partial charge in [0.25, 0.3) is 5.91 Å². The van der Waals surface area contributed by atoms with Gasteiger partial charge in [-0.2, -0.15) is 0 Å². The minimum atomic E-state index is -0.857. The van der Waals surface area contributed by atoms with Gasteiger partial charge in [-0.15, -0.1) is 0 Å². The van der Waals surface area contributed by atoms with E-state index in [0.29, 0.717) is 18.0 Å². The van der Waals surface area contributed by atoms with Crippen LogP contribution in [0.4, 0.5) is 5.69 Å². The number of nitrogens with one attached hydrogen (secondary N) is 1. The molecule has 2 rings (SSSR count). The van der Waals surface area contributed by atoms with Gasteiger partial charge >= 0.3 is 0 Å². The van der Waals surface area contributed by atoms with E-state index < -0.39 is 12.0 Å². The quantitative estimate of drug-likeness (QED) is 0.382. The lowest BCUT2D eigenvalue weighted by Gasteiger charge is -2.33. The number of carbonyl (C=O) groups excluding carboxylic acids is 3. The van der Waals surface area contributed by atoms with Crippen molar-refractivity contribution in [1.29, 1.82) is 0 Å². The summed E-state index contributed by atoms with van der Waals surface area (Å²) in [6, 6.07) is 15.4. The number of para-hydroxylation sites is 2. The third-order valence-corrected chi connectivity index (χ3v) is 4.37. The number of aliphatic hydroxyl groups is 1. The van der Waals surface area contributed by atoms with Gasteiger partial charge in [-0.1, -0.05) is 30.3 Å². The van der Waals surface area contributed by atoms with Crippen LogP contribution in [0.25, 0.3) is 0 Å². The average Bonchev–Trinajstić information content (AvgIpc) is 2.74. The molecule has 0 bridgehead atoms. The van der Waals surface area contributed by atoms with Crippen LogP contribution in [0.15, 0.2) is 54.6 Å². The molecule has 1 atom stereocenters. The molecule has 0 saturated carbocycles. The maximum absolute atomic E-state index is 12.1. The zero-order chi connectivity index (χ0) is 22.8. The minimum Gasteiger partial charge on any atom is -0.490 e. The summed E-state index contributed by atoms with van der Waals surface area (Å²) in [5.41, 5.74) is 6.14. The van der Waals surface area contributed by atoms with Crippen LogP contribution in [0.2, 0.25) is 0 Å². The van der Waals surface area contributed by atoms with Gasteiger partial charge in [-0.25, -0.2) is 10.0 Å². The van der Waals surface area contributed by atoms with Gasteiger partial charge in [-0.05, 0) is 24.3 Å². The highest BCUT2D eigenvalue weighted by molar-refractivity contribution is 5.95. The molecule has 0 spiro atoms. The first-order valence-electron chi connectivity index (χ1n) is 9.85. The van der Waals surface area contributed by atoms with Gasteiger partial charge in [0, 0.05) is 26.9 Å². The smallest absolute Gasteiger partial charge is 0.252 e. The monoisotopic (exact) mass is 428 g/mol. The molecule has 3 amide bonds. The molecule has 9 nitrogen and oxygen atoms in total. The highest BCUT2D eigenvalue weighted by atomic mass is 16.5. The third kappa shape index (κ3) is 7.09. The molecule has 166 valence electrons. The number of amides is 3. The summed E-state index contributed by atoms with van der Waals surface area (Å²) in [6.07, 6.45) is -0.857. The Kier molecular flexibility index (Phi) is 8.98. The molecule has 0 aliphatic heterocycles. The summed E-state index contributed by atoms with van der Waals surface area (Å²) in [6.45, 7) is 3.49. The first-order chi connectivity index (χ1) is 14.8. The number of carbonyl (C=O) groups is 3. The number of benzene rings is 2. The van der Waals surface area contributed by atoms with Crippen LogP contribution in [0, 0.1) is 0 Å². The maximum Gasteiger partial charge on any atom is 0.252 e. The van der Waals surface area contributed by atoms with Crippen LogP contribution in [-0.4, -0.2) is 60.2 Å². The first-order valence-corrected chi connectivity index (χ1v) is 9.85. The molecule has 0 heterocycles. The van der Waals surface area contributed by atoms with E-state index >= 15 is 0 Å². The van der Waals surface area contributed by atoms with Crippen LogP contribution >= 0.6 is 0 Å². The summed E-state index contributed by atoms with van der Waals surface area (Å²) in [5.74, 6) is -0.881. The first kappa shape index (κ1) is 23.8. The van der Waals surface area contributed by atoms with E-state index in [1.807, 2.05) is 6.07 Å². The molecule has 0 saturated heterocycles. The minimum absolute atomic E-state index is 0.0443. The SMILES string of the molecule is CC(=O)N(CCNCC(O)COc1ccccc1C(N)=O)N(C(C)=O)c1ccccc1. The molecule has 4 N–H and O–H groups in total. The van der Waals surface area contributed by atoms with E-state index in [1.54, 1.807) is 48.5 Å². The largest absolute Gasteiger partial charge is 0.490 e. The number of hydrogen-bond donors (Lipinski definition) is 3. The Balaban J connectivity index is 1.86. The summed E-state index contributed by atoms with van der Waals surface area (Å²) < 4.78 is 5.50. The van der Waals surface area contributed by atoms with E-state index in [9.17, 15) is 19.5 Å². The molecule has 0 radical (unpaired) electrons. The molecule has 0 aliphatic carbocycles. The van der Waals surface area contributed by atoms with Gasteiger partial charge < -0.3 is 20.9 Å². The Morgan fingerprint density at radius 3 is 2.29 bits per heavy atom. The Morgan fingerprint density at radius 2 is 1.68 bits per heavy atom. The predicted octanol–water partition coefficient (Wildman–Crippen LogP) is 0.931. The van der Waals surface area contributed by atoms with Crippen LogP contribution in [0.3, 0.4) is 0 Å². The van der Waals surface area contributed by atoms with E-state index in [0.717, 1.165) is 0 Å². The van der Waals surface area contributed by atoms with Crippen molar-refractivity contribution in [2.75, 3.05) is 31.3 Å². The number of aliphatic hydroxyl groups excluding tert-OH is 1. The molecule has 9 heteroatoms. The third-order valence-electron chi connectivity index (χ3n) is 4.37. The van der Waals surface area contributed by atoms with Crippen molar-refractivity contribution >= 4 is 23.4 Å². The zero-order valence-corrected chi connectivity index (χ0v) is 17.7. The Bertz CT molecular complexity index is 890. The molecule has 0 aliphatic rings. The summed E-state index contributed by atoms with van der Waals surface area (Å²) >= 11 is 0. The number of anilines is 1. The number of hydrogen-bond acceptors (Lipinski definition) is 6. The Labute approximate surface area is 181 Å². The normalized spacial score (nSPS) is 11.5. The summed E-state index contributed by atoms with van der Waals surface area (Å²) in [7, 11) is 0. The molecule has 31 heavy (non-hydrogen) atoms. The Hall–Kier alpha value is -3.43. The van der Waals surface area contributed by atoms with Gasteiger partial charge in [0.05, 0.1) is 17.8 Å². The fourth-order valence-corrected chi connectivity index (χ4v) is 2.95. The van der Waals surface area contributed by atoms with Crippen LogP contribution in [0.1, 0.15) is 24.2 Å². The number of nitrogens with two attached hydrogens (primary N) is 1. The number of primary amides is 1. The summed E-state index contributed by atoms with van der Waals surface area (Å²) in [5, 5.41) is 15.8. The molecule has 2 aromatic carbocycles. The van der Waals surface area contributed by atoms with Crippen molar-refractivity contribution in [3.05, 3.63) is 60.2 Å². The van der Waals surface area contributed by atoms with Crippen molar-refractivity contribution in [2.45, 2.75) is 20.0 Å². The Morgan fingerprint density at radius 1 is 1.03 bits per heavy atom. The van der Waals surface area contributed by atoms with Crippen molar-refractivity contribution in [1.82, 2.24) is 10.3 Å². The van der Waals surface area contributed by atoms with E-state index in [-0.39, 0.29) is 37.1 Å². The van der Waals surface area contributed by atoms with Crippen molar-refractivity contribution < 1.29 is 24.2 Å². The number of hydrazine groups is 1. The summed E-state index contributed by atoms with van der Waals surface area (Å²) in [4.78, 5) is 35.7. The van der Waals surface area contributed by atoms with Crippen LogP contribution in [0.5, 0.6) is 5.75 Å². The second kappa shape index (κ2) is 11.7. The average molecular weight is 428 g/mol. The van der Waals surface area contributed by atoms with Gasteiger partial charge in [0.1, 0.15) is 18.5 Å². The van der Waals surface area contributed by atoms with E-state index in [4.69, 9.17) is 10.5 Å². The van der Waals surface area contributed by atoms with Crippen molar-refractivity contribution in [2.24, 2.45) is 5.73 Å². The zero-order valence-electron chi connectivity index (χ0n) is 17.7. The van der Waals surface area contributed by atoms with Gasteiger partial charge in [0.2, 0.25) is 11.8 Å². The van der Waals surface area contributed by atoms with Gasteiger partial charge in [0.15, 0.2) is 0 Å². The highest BCUT2D eigenvalue weighted by Crippen LogP contribution is 2.18. The lowest BCUT2D eigenvalue weighted by molar-refractivity contribution is -0.134. The standard InChI is InChI=1S/C22H28N4O5/c1-16(27)25(26(17(2)28)18-8-4-3-5-9-18)13-12-24-14-19(29)15-31-21-11-7-6-10-20(21)22(23)30/h3-11,19,24,29H,12-15H2,1-2H3,(H2,23,30). The van der Waals surface area contributed by atoms with Crippen LogP contribution < -0.4 is 20.8 Å². The maximum atomic E-state index is 12.1. The molecular formula is C22H28N4O5. The fourth-order valence-electron chi connectivity index (χ4n) is 2.95. The van der Waals surface area contributed by atoms with Crippen LogP contribution in [-0.2, 0) is 9.59 Å². The molecular weight excluding hydrogens is 400 g/mol. The predicted molar refractivity (Wildman–Crippen MR) is 116 cm³/mol. The highest BCUT2D eigenvalue weighted by Gasteiger charge is 2.22. The fraction of sp³-hybridized carbons (Fsp3) is 0.318. The topological polar surface area (TPSA) is 125 Å². The molecule has 2 aromatic rings.